The van der Waals surface area contributed by atoms with Crippen molar-refractivity contribution in [3.63, 3.8) is 0 Å². The Labute approximate surface area is 235 Å². The van der Waals surface area contributed by atoms with Gasteiger partial charge in [-0.25, -0.2) is 4.68 Å². The molecule has 2 heterocycles. The van der Waals surface area contributed by atoms with Gasteiger partial charge in [-0.3, -0.25) is 9.69 Å². The van der Waals surface area contributed by atoms with Gasteiger partial charge in [0.25, 0.3) is 5.56 Å². The molecule has 3 aromatic carbocycles. The van der Waals surface area contributed by atoms with Crippen molar-refractivity contribution in [2.75, 3.05) is 37.6 Å². The highest BCUT2D eigenvalue weighted by Crippen LogP contribution is 2.32. The first-order valence-corrected chi connectivity index (χ1v) is 13.2. The van der Waals surface area contributed by atoms with Gasteiger partial charge in [-0.2, -0.15) is 18.3 Å². The molecule has 1 fully saturated rings. The molecule has 5 rings (SSSR count). The summed E-state index contributed by atoms with van der Waals surface area (Å²) >= 11 is 6.05. The third-order valence-electron chi connectivity index (χ3n) is 6.77. The van der Waals surface area contributed by atoms with E-state index in [2.05, 4.69) is 21.8 Å². The fraction of sp³-hybridized carbons (Fsp3) is 0.226. The number of rotatable bonds is 5. The molecule has 4 aromatic rings. The maximum absolute atomic E-state index is 13.3. The molecule has 5 nitrogen and oxygen atoms in total. The molecule has 0 bridgehead atoms. The zero-order valence-corrected chi connectivity index (χ0v) is 22.3. The molecule has 9 heteroatoms. The number of anilines is 1. The molecule has 0 N–H and O–H groups in total. The van der Waals surface area contributed by atoms with Crippen LogP contribution in [-0.2, 0) is 12.7 Å². The summed E-state index contributed by atoms with van der Waals surface area (Å²) in [6.07, 6.45) is -4.36. The zero-order chi connectivity index (χ0) is 28.1. The van der Waals surface area contributed by atoms with Crippen molar-refractivity contribution < 1.29 is 13.2 Å². The van der Waals surface area contributed by atoms with Gasteiger partial charge in [-0.05, 0) is 42.0 Å². The molecule has 0 unspecified atom stereocenters. The second-order valence-electron chi connectivity index (χ2n) is 9.44. The summed E-state index contributed by atoms with van der Waals surface area (Å²) in [6, 6.07) is 23.9. The van der Waals surface area contributed by atoms with Crippen LogP contribution in [0, 0.1) is 11.8 Å². The van der Waals surface area contributed by atoms with E-state index in [4.69, 9.17) is 11.6 Å². The van der Waals surface area contributed by atoms with E-state index in [1.807, 2.05) is 47.4 Å². The maximum atomic E-state index is 13.3. The first-order chi connectivity index (χ1) is 19.3. The van der Waals surface area contributed by atoms with Crippen molar-refractivity contribution in [2.45, 2.75) is 12.7 Å². The number of piperazine rings is 1. The number of nitrogens with zero attached hydrogens (tertiary/aromatic N) is 4. The fourth-order valence-electron chi connectivity index (χ4n) is 4.58. The van der Waals surface area contributed by atoms with E-state index in [-0.39, 0.29) is 12.1 Å². The van der Waals surface area contributed by atoms with Crippen molar-refractivity contribution in [1.29, 1.82) is 0 Å². The predicted molar refractivity (Wildman–Crippen MR) is 152 cm³/mol. The summed E-state index contributed by atoms with van der Waals surface area (Å²) in [7, 11) is 0. The quantitative estimate of drug-likeness (QED) is 0.277. The molecule has 0 spiro atoms. The van der Waals surface area contributed by atoms with E-state index in [1.54, 1.807) is 24.3 Å². The predicted octanol–water partition coefficient (Wildman–Crippen LogP) is 6.08. The minimum atomic E-state index is -4.36. The third kappa shape index (κ3) is 6.56. The normalized spacial score (nSPS) is 14.1. The van der Waals surface area contributed by atoms with Gasteiger partial charge in [0, 0.05) is 42.5 Å². The van der Waals surface area contributed by atoms with Gasteiger partial charge < -0.3 is 4.90 Å². The standard InChI is InChI=1S/C31H26ClF3N4O/c32-26-13-11-24(12-14-26)29-22-28(23-7-2-1-3-8-23)30(40)39(36-29)16-5-4-15-37-17-19-38(20-18-37)27-10-6-9-25(21-27)31(33,34)35/h1-3,6-14,21-22H,15-20H2. The second kappa shape index (κ2) is 12.0. The molecule has 40 heavy (non-hydrogen) atoms. The van der Waals surface area contributed by atoms with Crippen LogP contribution in [-0.4, -0.2) is 47.4 Å². The summed E-state index contributed by atoms with van der Waals surface area (Å²) in [4.78, 5) is 17.4. The molecule has 0 atom stereocenters. The molecule has 1 saturated heterocycles. The van der Waals surface area contributed by atoms with E-state index < -0.39 is 11.7 Å². The Morgan fingerprint density at radius 1 is 0.800 bits per heavy atom. The summed E-state index contributed by atoms with van der Waals surface area (Å²) in [6.45, 7) is 3.18. The third-order valence-corrected chi connectivity index (χ3v) is 7.02. The summed E-state index contributed by atoms with van der Waals surface area (Å²) in [5.41, 5.74) is 2.51. The highest BCUT2D eigenvalue weighted by molar-refractivity contribution is 6.30. The van der Waals surface area contributed by atoms with Crippen molar-refractivity contribution in [1.82, 2.24) is 14.7 Å². The molecule has 0 aliphatic carbocycles. The van der Waals surface area contributed by atoms with E-state index in [0.29, 0.717) is 54.7 Å². The van der Waals surface area contributed by atoms with Gasteiger partial charge in [0.05, 0.1) is 23.4 Å². The number of alkyl halides is 3. The van der Waals surface area contributed by atoms with Gasteiger partial charge >= 0.3 is 6.18 Å². The van der Waals surface area contributed by atoms with Crippen LogP contribution in [0.3, 0.4) is 0 Å². The van der Waals surface area contributed by atoms with Crippen molar-refractivity contribution in [3.8, 4) is 34.2 Å². The molecule has 1 aliphatic rings. The van der Waals surface area contributed by atoms with E-state index >= 15 is 0 Å². The Kier molecular flexibility index (Phi) is 8.24. The Bertz CT molecular complexity index is 1580. The molecule has 204 valence electrons. The highest BCUT2D eigenvalue weighted by atomic mass is 35.5. The minimum absolute atomic E-state index is 0.129. The SMILES string of the molecule is O=c1c(-c2ccccc2)cc(-c2ccc(Cl)cc2)nn1CC#CCN1CCN(c2cccc(C(F)(F)F)c2)CC1. The Morgan fingerprint density at radius 3 is 2.20 bits per heavy atom. The maximum Gasteiger partial charge on any atom is 0.416 e. The molecule has 1 aromatic heterocycles. The van der Waals surface area contributed by atoms with Crippen LogP contribution < -0.4 is 10.5 Å². The average Bonchev–Trinajstić information content (AvgIpc) is 2.97. The first kappa shape index (κ1) is 27.5. The van der Waals surface area contributed by atoms with Gasteiger partial charge in [-0.1, -0.05) is 72.0 Å². The number of benzene rings is 3. The summed E-state index contributed by atoms with van der Waals surface area (Å²) < 4.78 is 40.6. The van der Waals surface area contributed by atoms with Gasteiger partial charge in [0.2, 0.25) is 0 Å². The van der Waals surface area contributed by atoms with Gasteiger partial charge in [-0.15, -0.1) is 0 Å². The van der Waals surface area contributed by atoms with Crippen LogP contribution in [0.5, 0.6) is 0 Å². The molecule has 0 amide bonds. The first-order valence-electron chi connectivity index (χ1n) is 12.8. The van der Waals surface area contributed by atoms with E-state index in [9.17, 15) is 18.0 Å². The number of halogens is 4. The van der Waals surface area contributed by atoms with Crippen molar-refractivity contribution in [3.05, 3.63) is 106 Å². The lowest BCUT2D eigenvalue weighted by atomic mass is 10.0. The van der Waals surface area contributed by atoms with E-state index in [0.717, 1.165) is 17.2 Å². The van der Waals surface area contributed by atoms with Crippen molar-refractivity contribution >= 4 is 17.3 Å². The lowest BCUT2D eigenvalue weighted by molar-refractivity contribution is -0.137. The monoisotopic (exact) mass is 562 g/mol. The van der Waals surface area contributed by atoms with Crippen LogP contribution in [0.1, 0.15) is 5.56 Å². The minimum Gasteiger partial charge on any atom is -0.369 e. The van der Waals surface area contributed by atoms with Crippen LogP contribution in [0.25, 0.3) is 22.4 Å². The van der Waals surface area contributed by atoms with Gasteiger partial charge in [0.1, 0.15) is 6.54 Å². The van der Waals surface area contributed by atoms with Crippen LogP contribution in [0.4, 0.5) is 18.9 Å². The van der Waals surface area contributed by atoms with Crippen LogP contribution in [0.2, 0.25) is 5.02 Å². The Morgan fingerprint density at radius 2 is 1.50 bits per heavy atom. The molecular formula is C31H26ClF3N4O. The van der Waals surface area contributed by atoms with E-state index in [1.165, 1.54) is 16.8 Å². The summed E-state index contributed by atoms with van der Waals surface area (Å²) in [5.74, 6) is 6.20. The lowest BCUT2D eigenvalue weighted by Crippen LogP contribution is -2.46. The fourth-order valence-corrected chi connectivity index (χ4v) is 4.70. The summed E-state index contributed by atoms with van der Waals surface area (Å²) in [5, 5.41) is 5.18. The van der Waals surface area contributed by atoms with Gasteiger partial charge in [0.15, 0.2) is 0 Å². The van der Waals surface area contributed by atoms with Crippen LogP contribution in [0.15, 0.2) is 89.7 Å². The largest absolute Gasteiger partial charge is 0.416 e. The smallest absolute Gasteiger partial charge is 0.369 e. The molecule has 1 aliphatic heterocycles. The average molecular weight is 563 g/mol. The molecular weight excluding hydrogens is 537 g/mol. The number of hydrogen-bond donors (Lipinski definition) is 0. The van der Waals surface area contributed by atoms with Crippen molar-refractivity contribution in [2.24, 2.45) is 0 Å². The molecule has 0 radical (unpaired) electrons. The zero-order valence-electron chi connectivity index (χ0n) is 21.5. The highest BCUT2D eigenvalue weighted by Gasteiger charge is 2.31. The second-order valence-corrected chi connectivity index (χ2v) is 9.88. The topological polar surface area (TPSA) is 41.4 Å². The Hall–Kier alpha value is -4.06. The molecule has 0 saturated carbocycles. The van der Waals surface area contributed by atoms with Crippen LogP contribution >= 0.6 is 11.6 Å². The lowest BCUT2D eigenvalue weighted by Gasteiger charge is -2.35. The Balaban J connectivity index is 1.27. The number of hydrogen-bond acceptors (Lipinski definition) is 4. The number of aromatic nitrogens is 2.